The average molecular weight is 730 g/mol. The number of esters is 1. The van der Waals surface area contributed by atoms with Crippen LogP contribution in [0.4, 0.5) is 0 Å². The number of carbonyl (C=O) groups is 1. The summed E-state index contributed by atoms with van der Waals surface area (Å²) in [6.07, 6.45) is 13.8. The van der Waals surface area contributed by atoms with E-state index in [9.17, 15) is 9.90 Å². The predicted molar refractivity (Wildman–Crippen MR) is 196 cm³/mol. The zero-order valence-electron chi connectivity index (χ0n) is 29.6. The van der Waals surface area contributed by atoms with E-state index in [1.54, 1.807) is 0 Å². The highest BCUT2D eigenvalue weighted by Crippen LogP contribution is 2.45. The molecule has 1 fully saturated rings. The van der Waals surface area contributed by atoms with E-state index >= 15 is 0 Å². The summed E-state index contributed by atoms with van der Waals surface area (Å²) in [6.45, 7) is 25.1. The van der Waals surface area contributed by atoms with Crippen molar-refractivity contribution in [3.8, 4) is 0 Å². The largest absolute Gasteiger partial charge is 0.469 e. The van der Waals surface area contributed by atoms with E-state index in [0.717, 1.165) is 32.1 Å². The zero-order valence-corrected chi connectivity index (χ0v) is 34.0. The fraction of sp³-hybridized carbons (Fsp3) is 0.743. The van der Waals surface area contributed by atoms with Gasteiger partial charge in [0.1, 0.15) is 0 Å². The molecule has 0 spiro atoms. The van der Waals surface area contributed by atoms with Crippen LogP contribution in [0.15, 0.2) is 34.8 Å². The van der Waals surface area contributed by atoms with E-state index in [2.05, 4.69) is 121 Å². The Balaban J connectivity index is 2.34. The van der Waals surface area contributed by atoms with E-state index in [0.29, 0.717) is 12.8 Å². The number of ether oxygens (including phenoxy) is 1. The van der Waals surface area contributed by atoms with Gasteiger partial charge in [0.05, 0.1) is 25.4 Å². The van der Waals surface area contributed by atoms with Crippen LogP contribution in [0, 0.1) is 18.8 Å². The number of allylic oxidation sites excluding steroid dienone is 2. The van der Waals surface area contributed by atoms with Gasteiger partial charge in [0, 0.05) is 26.6 Å². The Bertz CT molecular complexity index is 1100. The summed E-state index contributed by atoms with van der Waals surface area (Å²) in [5.74, 6) is 0.00143. The van der Waals surface area contributed by atoms with Crippen molar-refractivity contribution in [3.63, 3.8) is 0 Å². The maximum absolute atomic E-state index is 11.5. The van der Waals surface area contributed by atoms with Crippen molar-refractivity contribution in [2.24, 2.45) is 11.8 Å². The van der Waals surface area contributed by atoms with Crippen molar-refractivity contribution in [1.82, 2.24) is 0 Å². The molecule has 1 aliphatic carbocycles. The first-order valence-electron chi connectivity index (χ1n) is 16.4. The number of hydrogen-bond donors (Lipinski definition) is 1. The predicted octanol–water partition coefficient (Wildman–Crippen LogP) is 10.4. The number of rotatable bonds is 15. The molecule has 5 nitrogen and oxygen atoms in total. The SMILES string of the molecule is COC(=O)CCCC=CC[C@@H]1[C@@H](C=CC(CCc2cc(Br)c(C)s2)O[Si](C)(C)C(C)(C)C)[C@H](O[Si](C)(C)C(C)(C)C)C[C@@H]1O. The lowest BCUT2D eigenvalue weighted by Gasteiger charge is -2.40. The molecule has 0 aromatic carbocycles. The van der Waals surface area contributed by atoms with Crippen molar-refractivity contribution in [2.45, 2.75) is 148 Å². The maximum Gasteiger partial charge on any atom is 0.305 e. The number of halogens is 1. The molecule has 0 aliphatic heterocycles. The average Bonchev–Trinajstić information content (AvgIpc) is 3.37. The fourth-order valence-electron chi connectivity index (χ4n) is 5.13. The Kier molecular flexibility index (Phi) is 14.9. The summed E-state index contributed by atoms with van der Waals surface area (Å²) in [5, 5.41) is 11.6. The Morgan fingerprint density at radius 3 is 2.30 bits per heavy atom. The highest BCUT2D eigenvalue weighted by atomic mass is 79.9. The summed E-state index contributed by atoms with van der Waals surface area (Å²) in [5.41, 5.74) is 0. The second-order valence-corrected chi connectivity index (χ2v) is 27.3. The van der Waals surface area contributed by atoms with Crippen LogP contribution in [0.5, 0.6) is 0 Å². The smallest absolute Gasteiger partial charge is 0.305 e. The van der Waals surface area contributed by atoms with E-state index in [1.807, 2.05) is 11.3 Å². The highest BCUT2D eigenvalue weighted by molar-refractivity contribution is 9.10. The Morgan fingerprint density at radius 1 is 1.11 bits per heavy atom. The van der Waals surface area contributed by atoms with Gasteiger partial charge in [0.15, 0.2) is 16.6 Å². The number of unbranched alkanes of at least 4 members (excludes halogenated alkanes) is 1. The van der Waals surface area contributed by atoms with Gasteiger partial charge in [-0.15, -0.1) is 11.3 Å². The summed E-state index contributed by atoms with van der Waals surface area (Å²) >= 11 is 5.54. The minimum Gasteiger partial charge on any atom is -0.469 e. The molecule has 0 saturated heterocycles. The van der Waals surface area contributed by atoms with Crippen LogP contribution >= 0.6 is 27.3 Å². The second-order valence-electron chi connectivity index (χ2n) is 15.6. The van der Waals surface area contributed by atoms with Gasteiger partial charge >= 0.3 is 5.97 Å². The minimum absolute atomic E-state index is 0.00199. The minimum atomic E-state index is -2.05. The maximum atomic E-state index is 11.5. The quantitative estimate of drug-likeness (QED) is 0.0843. The van der Waals surface area contributed by atoms with Gasteiger partial charge in [0.2, 0.25) is 0 Å². The first kappa shape index (κ1) is 39.6. The number of carbonyl (C=O) groups excluding carboxylic acids is 1. The van der Waals surface area contributed by atoms with Gasteiger partial charge in [0.25, 0.3) is 0 Å². The van der Waals surface area contributed by atoms with Crippen LogP contribution in [0.2, 0.25) is 36.3 Å². The first-order chi connectivity index (χ1) is 20.2. The second kappa shape index (κ2) is 16.5. The van der Waals surface area contributed by atoms with Crippen molar-refractivity contribution < 1.29 is 23.5 Å². The van der Waals surface area contributed by atoms with Gasteiger partial charge in [-0.25, -0.2) is 0 Å². The molecule has 44 heavy (non-hydrogen) atoms. The number of hydrogen-bond acceptors (Lipinski definition) is 6. The molecule has 1 saturated carbocycles. The van der Waals surface area contributed by atoms with Gasteiger partial charge in [-0.2, -0.15) is 0 Å². The van der Waals surface area contributed by atoms with Crippen molar-refractivity contribution >= 4 is 49.9 Å². The van der Waals surface area contributed by atoms with E-state index in [4.69, 9.17) is 13.6 Å². The molecule has 2 rings (SSSR count). The molecule has 0 amide bonds. The molecule has 1 N–H and O–H groups in total. The van der Waals surface area contributed by atoms with Crippen LogP contribution in [0.1, 0.15) is 89.8 Å². The lowest BCUT2D eigenvalue weighted by molar-refractivity contribution is -0.140. The van der Waals surface area contributed by atoms with Crippen LogP contribution < -0.4 is 0 Å². The summed E-state index contributed by atoms with van der Waals surface area (Å²) < 4.78 is 20.0. The molecule has 1 heterocycles. The normalized spacial score (nSPS) is 22.8. The third-order valence-corrected chi connectivity index (χ3v) is 21.3. The molecular formula is C35H61BrO5SSi2. The Hall–Kier alpha value is -0.556. The fourth-order valence-corrected chi connectivity index (χ4v) is 9.42. The van der Waals surface area contributed by atoms with Crippen LogP contribution in [-0.2, 0) is 24.8 Å². The monoisotopic (exact) mass is 728 g/mol. The Morgan fingerprint density at radius 2 is 1.75 bits per heavy atom. The number of aliphatic hydroxyl groups excluding tert-OH is 1. The molecule has 9 heteroatoms. The highest BCUT2D eigenvalue weighted by Gasteiger charge is 2.47. The van der Waals surface area contributed by atoms with Crippen LogP contribution in [0.25, 0.3) is 0 Å². The number of aryl methyl sites for hydroxylation is 2. The van der Waals surface area contributed by atoms with Crippen LogP contribution in [-0.4, -0.2) is 53.1 Å². The topological polar surface area (TPSA) is 65.0 Å². The molecule has 0 bridgehead atoms. The molecule has 1 unspecified atom stereocenters. The summed E-state index contributed by atoms with van der Waals surface area (Å²) in [7, 11) is -2.64. The zero-order chi connectivity index (χ0) is 33.5. The molecule has 5 atom stereocenters. The molecule has 252 valence electrons. The summed E-state index contributed by atoms with van der Waals surface area (Å²) in [4.78, 5) is 14.1. The third kappa shape index (κ3) is 11.6. The van der Waals surface area contributed by atoms with Crippen LogP contribution in [0.3, 0.4) is 0 Å². The third-order valence-electron chi connectivity index (χ3n) is 10.1. The van der Waals surface area contributed by atoms with E-state index < -0.39 is 22.7 Å². The Labute approximate surface area is 283 Å². The summed E-state index contributed by atoms with van der Waals surface area (Å²) in [6, 6.07) is 2.25. The van der Waals surface area contributed by atoms with Gasteiger partial charge in [-0.1, -0.05) is 65.8 Å². The van der Waals surface area contributed by atoms with E-state index in [1.165, 1.54) is 21.3 Å². The van der Waals surface area contributed by atoms with Crippen molar-refractivity contribution in [1.29, 1.82) is 0 Å². The van der Waals surface area contributed by atoms with Crippen molar-refractivity contribution in [3.05, 3.63) is 44.6 Å². The molecule has 1 aromatic heterocycles. The van der Waals surface area contributed by atoms with Crippen molar-refractivity contribution in [2.75, 3.05) is 7.11 Å². The molecule has 1 aromatic rings. The molecule has 0 radical (unpaired) electrons. The molecule has 1 aliphatic rings. The number of methoxy groups -OCH3 is 1. The first-order valence-corrected chi connectivity index (χ1v) is 23.8. The number of thiophene rings is 1. The lowest BCUT2D eigenvalue weighted by atomic mass is 9.89. The lowest BCUT2D eigenvalue weighted by Crippen LogP contribution is -2.45. The van der Waals surface area contributed by atoms with Gasteiger partial charge < -0.3 is 18.7 Å². The molecular weight excluding hydrogens is 669 g/mol. The van der Waals surface area contributed by atoms with Gasteiger partial charge in [-0.05, 0) is 110 Å². The van der Waals surface area contributed by atoms with Gasteiger partial charge in [-0.3, -0.25) is 4.79 Å². The van der Waals surface area contributed by atoms with E-state index in [-0.39, 0.29) is 40.1 Å². The number of aliphatic hydroxyl groups is 1. The standard InChI is InChI=1S/C35H61BrO5SSi2/c1-25-30(36)23-27(42-25)21-19-26(40-43(9,10)34(2,3)4)20-22-29-28(17-15-13-14-16-18-33(38)39-8)31(37)24-32(29)41-44(11,12)35(5,6)7/h13,15,20,22-23,26,28-29,31-32,37H,14,16-19,21,24H2,1-12H3/t26?,28-,29-,31+,32-/m1/s1.